The summed E-state index contributed by atoms with van der Waals surface area (Å²) < 4.78 is 19.3. The van der Waals surface area contributed by atoms with Crippen molar-refractivity contribution in [3.63, 3.8) is 0 Å². The highest BCUT2D eigenvalue weighted by Crippen LogP contribution is 2.13. The molecule has 0 fully saturated rings. The third-order valence-corrected chi connectivity index (χ3v) is 3.59. The zero-order chi connectivity index (χ0) is 15.3. The third kappa shape index (κ3) is 8.18. The Morgan fingerprint density at radius 1 is 1.05 bits per heavy atom. The van der Waals surface area contributed by atoms with Crippen molar-refractivity contribution in [2.24, 2.45) is 0 Å². The number of unbranched alkanes of at least 4 members (excludes halogenated alkanes) is 5. The number of nitrogens with one attached hydrogen (secondary N) is 1. The summed E-state index contributed by atoms with van der Waals surface area (Å²) in [5, 5.41) is 3.25. The van der Waals surface area contributed by atoms with Crippen molar-refractivity contribution >= 4 is 0 Å². The van der Waals surface area contributed by atoms with Crippen molar-refractivity contribution in [3.8, 4) is 0 Å². The molecule has 1 rings (SSSR count). The van der Waals surface area contributed by atoms with Crippen molar-refractivity contribution in [1.82, 2.24) is 5.32 Å². The summed E-state index contributed by atoms with van der Waals surface area (Å²) in [7, 11) is 0. The van der Waals surface area contributed by atoms with Crippen molar-refractivity contribution in [3.05, 3.63) is 35.1 Å². The van der Waals surface area contributed by atoms with Crippen molar-refractivity contribution in [2.45, 2.75) is 65.5 Å². The lowest BCUT2D eigenvalue weighted by molar-refractivity contribution is 0.114. The molecule has 1 N–H and O–H groups in total. The predicted molar refractivity (Wildman–Crippen MR) is 86.8 cm³/mol. The topological polar surface area (TPSA) is 21.3 Å². The standard InChI is InChI=1S/C18H30FNO/c1-3-5-6-7-8-9-12-21-15-17-13-16(14-20-4-2)10-11-18(17)19/h10-11,13,20H,3-9,12,14-15H2,1-2H3. The summed E-state index contributed by atoms with van der Waals surface area (Å²) >= 11 is 0. The highest BCUT2D eigenvalue weighted by atomic mass is 19.1. The maximum Gasteiger partial charge on any atom is 0.128 e. The highest BCUT2D eigenvalue weighted by molar-refractivity contribution is 5.24. The second kappa shape index (κ2) is 11.7. The van der Waals surface area contributed by atoms with Crippen LogP contribution in [0.5, 0.6) is 0 Å². The predicted octanol–water partition coefficient (Wildman–Crippen LogP) is 4.81. The maximum atomic E-state index is 13.7. The minimum atomic E-state index is -0.168. The van der Waals surface area contributed by atoms with Crippen LogP contribution in [-0.4, -0.2) is 13.2 Å². The number of hydrogen-bond donors (Lipinski definition) is 1. The Kier molecular flexibility index (Phi) is 10.1. The van der Waals surface area contributed by atoms with Crippen LogP contribution in [0.2, 0.25) is 0 Å². The van der Waals surface area contributed by atoms with E-state index in [1.54, 1.807) is 0 Å². The molecular formula is C18H30FNO. The average molecular weight is 295 g/mol. The van der Waals surface area contributed by atoms with E-state index in [-0.39, 0.29) is 5.82 Å². The monoisotopic (exact) mass is 295 g/mol. The molecule has 120 valence electrons. The molecule has 0 unspecified atom stereocenters. The van der Waals surface area contributed by atoms with Gasteiger partial charge in [0.25, 0.3) is 0 Å². The van der Waals surface area contributed by atoms with E-state index in [4.69, 9.17) is 4.74 Å². The Labute approximate surface area is 129 Å². The Bertz CT molecular complexity index is 381. The first-order valence-electron chi connectivity index (χ1n) is 8.33. The SMILES string of the molecule is CCCCCCCCOCc1cc(CNCC)ccc1F. The van der Waals surface area contributed by atoms with E-state index in [1.807, 2.05) is 12.1 Å². The van der Waals surface area contributed by atoms with E-state index in [9.17, 15) is 4.39 Å². The molecule has 0 saturated carbocycles. The van der Waals surface area contributed by atoms with E-state index < -0.39 is 0 Å². The van der Waals surface area contributed by atoms with Crippen LogP contribution in [0, 0.1) is 5.82 Å². The van der Waals surface area contributed by atoms with E-state index in [2.05, 4.69) is 19.2 Å². The second-order valence-electron chi connectivity index (χ2n) is 5.53. The normalized spacial score (nSPS) is 11.0. The lowest BCUT2D eigenvalue weighted by Crippen LogP contribution is -2.12. The minimum absolute atomic E-state index is 0.168. The number of hydrogen-bond acceptors (Lipinski definition) is 2. The Morgan fingerprint density at radius 3 is 2.57 bits per heavy atom. The van der Waals surface area contributed by atoms with Gasteiger partial charge in [0.1, 0.15) is 5.82 Å². The zero-order valence-electron chi connectivity index (χ0n) is 13.6. The molecule has 0 aliphatic carbocycles. The largest absolute Gasteiger partial charge is 0.377 e. The molecule has 1 aromatic carbocycles. The molecular weight excluding hydrogens is 265 g/mol. The highest BCUT2D eigenvalue weighted by Gasteiger charge is 2.04. The van der Waals surface area contributed by atoms with Gasteiger partial charge in [-0.25, -0.2) is 4.39 Å². The molecule has 0 heterocycles. The van der Waals surface area contributed by atoms with Gasteiger partial charge in [0.05, 0.1) is 6.61 Å². The Hall–Kier alpha value is -0.930. The zero-order valence-corrected chi connectivity index (χ0v) is 13.6. The number of ether oxygens (including phenoxy) is 1. The summed E-state index contributed by atoms with van der Waals surface area (Å²) in [6.07, 6.45) is 7.48. The van der Waals surface area contributed by atoms with Crippen LogP contribution in [0.3, 0.4) is 0 Å². The van der Waals surface area contributed by atoms with Crippen molar-refractivity contribution in [1.29, 1.82) is 0 Å². The maximum absolute atomic E-state index is 13.7. The van der Waals surface area contributed by atoms with Gasteiger partial charge >= 0.3 is 0 Å². The van der Waals surface area contributed by atoms with Crippen LogP contribution < -0.4 is 5.32 Å². The molecule has 0 aliphatic heterocycles. The summed E-state index contributed by atoms with van der Waals surface area (Å²) in [5.74, 6) is -0.168. The number of rotatable bonds is 12. The van der Waals surface area contributed by atoms with E-state index in [0.717, 1.165) is 31.7 Å². The number of benzene rings is 1. The Balaban J connectivity index is 2.21. The van der Waals surface area contributed by atoms with Gasteiger partial charge in [0, 0.05) is 18.7 Å². The summed E-state index contributed by atoms with van der Waals surface area (Å²) in [6, 6.07) is 5.27. The van der Waals surface area contributed by atoms with E-state index in [0.29, 0.717) is 12.2 Å². The first-order valence-corrected chi connectivity index (χ1v) is 8.33. The van der Waals surface area contributed by atoms with Gasteiger partial charge in [-0.2, -0.15) is 0 Å². The third-order valence-electron chi connectivity index (χ3n) is 3.59. The molecule has 0 aliphatic rings. The van der Waals surface area contributed by atoms with Gasteiger partial charge in [-0.3, -0.25) is 0 Å². The van der Waals surface area contributed by atoms with Gasteiger partial charge < -0.3 is 10.1 Å². The van der Waals surface area contributed by atoms with Crippen molar-refractivity contribution in [2.75, 3.05) is 13.2 Å². The quantitative estimate of drug-likeness (QED) is 0.559. The summed E-state index contributed by atoms with van der Waals surface area (Å²) in [5.41, 5.74) is 1.77. The van der Waals surface area contributed by atoms with Gasteiger partial charge in [-0.1, -0.05) is 52.0 Å². The fraction of sp³-hybridized carbons (Fsp3) is 0.667. The van der Waals surface area contributed by atoms with E-state index >= 15 is 0 Å². The molecule has 1 aromatic rings. The van der Waals surface area contributed by atoms with Gasteiger partial charge in [0.2, 0.25) is 0 Å². The molecule has 2 nitrogen and oxygen atoms in total. The van der Waals surface area contributed by atoms with Crippen LogP contribution >= 0.6 is 0 Å². The fourth-order valence-electron chi connectivity index (χ4n) is 2.28. The number of halogens is 1. The minimum Gasteiger partial charge on any atom is -0.377 e. The molecule has 0 radical (unpaired) electrons. The smallest absolute Gasteiger partial charge is 0.128 e. The van der Waals surface area contributed by atoms with Crippen LogP contribution in [0.25, 0.3) is 0 Å². The van der Waals surface area contributed by atoms with Crippen LogP contribution in [0.15, 0.2) is 18.2 Å². The molecule has 0 aromatic heterocycles. The van der Waals surface area contributed by atoms with E-state index in [1.165, 1.54) is 38.2 Å². The lowest BCUT2D eigenvalue weighted by Gasteiger charge is -2.08. The molecule has 0 spiro atoms. The van der Waals surface area contributed by atoms with Gasteiger partial charge in [-0.05, 0) is 30.7 Å². The summed E-state index contributed by atoms with van der Waals surface area (Å²) in [6.45, 7) is 7.09. The van der Waals surface area contributed by atoms with Gasteiger partial charge in [0.15, 0.2) is 0 Å². The van der Waals surface area contributed by atoms with Crippen LogP contribution in [-0.2, 0) is 17.9 Å². The fourth-order valence-corrected chi connectivity index (χ4v) is 2.28. The first kappa shape index (κ1) is 18.1. The average Bonchev–Trinajstić information content (AvgIpc) is 2.50. The molecule has 0 atom stereocenters. The first-order chi connectivity index (χ1) is 10.3. The molecule has 21 heavy (non-hydrogen) atoms. The van der Waals surface area contributed by atoms with Crippen LogP contribution in [0.4, 0.5) is 4.39 Å². The molecule has 3 heteroatoms. The van der Waals surface area contributed by atoms with Crippen LogP contribution in [0.1, 0.15) is 63.5 Å². The molecule has 0 amide bonds. The molecule has 0 saturated heterocycles. The second-order valence-corrected chi connectivity index (χ2v) is 5.53. The summed E-state index contributed by atoms with van der Waals surface area (Å²) in [4.78, 5) is 0. The Morgan fingerprint density at radius 2 is 1.81 bits per heavy atom. The van der Waals surface area contributed by atoms with Gasteiger partial charge in [-0.15, -0.1) is 0 Å². The lowest BCUT2D eigenvalue weighted by atomic mass is 10.1. The molecule has 0 bridgehead atoms. The van der Waals surface area contributed by atoms with Crippen molar-refractivity contribution < 1.29 is 9.13 Å².